The minimum Gasteiger partial charge on any atom is -0.191 e. The highest BCUT2D eigenvalue weighted by Gasteiger charge is 2.03. The van der Waals surface area contributed by atoms with Gasteiger partial charge in [-0.25, -0.2) is 0 Å². The Morgan fingerprint density at radius 2 is 2.38 bits per heavy atom. The van der Waals surface area contributed by atoms with Crippen molar-refractivity contribution in [3.05, 3.63) is 42.7 Å². The van der Waals surface area contributed by atoms with E-state index in [1.807, 2.05) is 37.4 Å². The molecule has 0 N–H and O–H groups in total. The van der Waals surface area contributed by atoms with E-state index in [1.54, 1.807) is 0 Å². The minimum atomic E-state index is 0.953. The van der Waals surface area contributed by atoms with Crippen LogP contribution in [0.3, 0.4) is 0 Å². The van der Waals surface area contributed by atoms with Gasteiger partial charge in [-0.2, -0.15) is 4.57 Å². The van der Waals surface area contributed by atoms with Crippen LogP contribution >= 0.6 is 0 Å². The van der Waals surface area contributed by atoms with Crippen LogP contribution in [-0.4, -0.2) is 0 Å². The first-order chi connectivity index (χ1) is 6.38. The Bertz CT molecular complexity index is 342. The number of rotatable bonds is 3. The summed E-state index contributed by atoms with van der Waals surface area (Å²) in [6, 6.07) is 6.05. The number of aromatic nitrogens is 1. The standard InChI is InChI=1S/C12H14N/c1-3-5-10-13-11-7-6-9-12(13)8-4-2/h3,6-7,9,11H,1,5,10H2,2H3/q+1. The van der Waals surface area contributed by atoms with Crippen LogP contribution in [0.4, 0.5) is 0 Å². The lowest BCUT2D eigenvalue weighted by Gasteiger charge is -1.95. The Labute approximate surface area is 79.7 Å². The van der Waals surface area contributed by atoms with Gasteiger partial charge < -0.3 is 0 Å². The summed E-state index contributed by atoms with van der Waals surface area (Å²) in [7, 11) is 0. The zero-order chi connectivity index (χ0) is 9.52. The summed E-state index contributed by atoms with van der Waals surface area (Å²) in [4.78, 5) is 0. The lowest BCUT2D eigenvalue weighted by molar-refractivity contribution is -0.698. The van der Waals surface area contributed by atoms with Gasteiger partial charge >= 0.3 is 0 Å². The first kappa shape index (κ1) is 9.54. The molecule has 0 radical (unpaired) electrons. The predicted molar refractivity (Wildman–Crippen MR) is 54.0 cm³/mol. The summed E-state index contributed by atoms with van der Waals surface area (Å²) in [5, 5.41) is 0. The topological polar surface area (TPSA) is 3.88 Å². The second-order valence-electron chi connectivity index (χ2n) is 2.73. The van der Waals surface area contributed by atoms with E-state index in [-0.39, 0.29) is 0 Å². The summed E-state index contributed by atoms with van der Waals surface area (Å²) < 4.78 is 2.14. The predicted octanol–water partition coefficient (Wildman–Crippen LogP) is 1.92. The first-order valence-corrected chi connectivity index (χ1v) is 4.40. The van der Waals surface area contributed by atoms with Crippen LogP contribution < -0.4 is 4.57 Å². The average Bonchev–Trinajstić information content (AvgIpc) is 2.17. The van der Waals surface area contributed by atoms with Gasteiger partial charge in [-0.3, -0.25) is 0 Å². The molecule has 0 aliphatic rings. The van der Waals surface area contributed by atoms with Gasteiger partial charge in [-0.05, 0) is 13.0 Å². The van der Waals surface area contributed by atoms with Crippen LogP contribution in [0.2, 0.25) is 0 Å². The molecule has 0 aliphatic heterocycles. The summed E-state index contributed by atoms with van der Waals surface area (Å²) in [6.07, 6.45) is 4.94. The van der Waals surface area contributed by atoms with E-state index in [2.05, 4.69) is 23.0 Å². The van der Waals surface area contributed by atoms with Crippen molar-refractivity contribution in [2.24, 2.45) is 0 Å². The fourth-order valence-electron chi connectivity index (χ4n) is 1.14. The Morgan fingerprint density at radius 1 is 1.54 bits per heavy atom. The number of allylic oxidation sites excluding steroid dienone is 1. The van der Waals surface area contributed by atoms with Gasteiger partial charge in [0.1, 0.15) is 0 Å². The average molecular weight is 172 g/mol. The third-order valence-electron chi connectivity index (χ3n) is 1.77. The van der Waals surface area contributed by atoms with E-state index < -0.39 is 0 Å². The second kappa shape index (κ2) is 5.16. The lowest BCUT2D eigenvalue weighted by Crippen LogP contribution is -2.36. The quantitative estimate of drug-likeness (QED) is 0.372. The maximum Gasteiger partial charge on any atom is 0.256 e. The molecule has 1 heteroatoms. The van der Waals surface area contributed by atoms with Gasteiger partial charge in [-0.1, -0.05) is 12.0 Å². The molecule has 1 aromatic heterocycles. The highest BCUT2D eigenvalue weighted by atomic mass is 14.9. The summed E-state index contributed by atoms with van der Waals surface area (Å²) in [5.74, 6) is 5.97. The van der Waals surface area contributed by atoms with Gasteiger partial charge in [0.05, 0.1) is 0 Å². The molecule has 0 aromatic carbocycles. The van der Waals surface area contributed by atoms with Gasteiger partial charge in [0, 0.05) is 24.5 Å². The molecule has 0 aliphatic carbocycles. The largest absolute Gasteiger partial charge is 0.256 e. The molecule has 66 valence electrons. The van der Waals surface area contributed by atoms with Gasteiger partial charge in [0.25, 0.3) is 5.69 Å². The van der Waals surface area contributed by atoms with Crippen molar-refractivity contribution in [2.75, 3.05) is 0 Å². The van der Waals surface area contributed by atoms with E-state index >= 15 is 0 Å². The third kappa shape index (κ3) is 2.76. The molecule has 0 atom stereocenters. The highest BCUT2D eigenvalue weighted by Crippen LogP contribution is 1.90. The van der Waals surface area contributed by atoms with Crippen molar-refractivity contribution in [2.45, 2.75) is 19.9 Å². The third-order valence-corrected chi connectivity index (χ3v) is 1.77. The number of aryl methyl sites for hydroxylation is 1. The SMILES string of the molecule is C=CCC[n+]1ccccc1C#CC. The first-order valence-electron chi connectivity index (χ1n) is 4.40. The maximum absolute atomic E-state index is 3.70. The van der Waals surface area contributed by atoms with Crippen molar-refractivity contribution in [3.63, 3.8) is 0 Å². The van der Waals surface area contributed by atoms with Crippen molar-refractivity contribution in [1.82, 2.24) is 0 Å². The Hall–Kier alpha value is -1.55. The van der Waals surface area contributed by atoms with Crippen LogP contribution in [0.25, 0.3) is 0 Å². The molecule has 1 aromatic rings. The van der Waals surface area contributed by atoms with E-state index in [4.69, 9.17) is 0 Å². The van der Waals surface area contributed by atoms with E-state index in [0.717, 1.165) is 18.7 Å². The fourth-order valence-corrected chi connectivity index (χ4v) is 1.14. The van der Waals surface area contributed by atoms with Crippen LogP contribution in [0.1, 0.15) is 19.0 Å². The molecule has 0 amide bonds. The number of pyridine rings is 1. The van der Waals surface area contributed by atoms with E-state index in [9.17, 15) is 0 Å². The number of hydrogen-bond acceptors (Lipinski definition) is 0. The van der Waals surface area contributed by atoms with E-state index in [1.165, 1.54) is 0 Å². The molecule has 1 nitrogen and oxygen atoms in total. The molecule has 0 bridgehead atoms. The molecule has 0 saturated heterocycles. The summed E-state index contributed by atoms with van der Waals surface area (Å²) >= 11 is 0. The van der Waals surface area contributed by atoms with Crippen molar-refractivity contribution >= 4 is 0 Å². The Balaban J connectivity index is 2.88. The van der Waals surface area contributed by atoms with Gasteiger partial charge in [-0.15, -0.1) is 6.58 Å². The molecule has 1 heterocycles. The van der Waals surface area contributed by atoms with Crippen molar-refractivity contribution in [1.29, 1.82) is 0 Å². The van der Waals surface area contributed by atoms with Crippen molar-refractivity contribution < 1.29 is 4.57 Å². The lowest BCUT2D eigenvalue weighted by atomic mass is 10.3. The zero-order valence-electron chi connectivity index (χ0n) is 7.96. The van der Waals surface area contributed by atoms with Crippen molar-refractivity contribution in [3.8, 4) is 11.8 Å². The highest BCUT2D eigenvalue weighted by molar-refractivity contribution is 5.21. The van der Waals surface area contributed by atoms with Crippen LogP contribution in [0.5, 0.6) is 0 Å². The van der Waals surface area contributed by atoms with Crippen LogP contribution in [-0.2, 0) is 6.54 Å². The zero-order valence-corrected chi connectivity index (χ0v) is 7.96. The number of hydrogen-bond donors (Lipinski definition) is 0. The molecule has 13 heavy (non-hydrogen) atoms. The molecular formula is C12H14N+. The molecular weight excluding hydrogens is 158 g/mol. The Morgan fingerprint density at radius 3 is 3.08 bits per heavy atom. The molecule has 0 unspecified atom stereocenters. The fraction of sp³-hybridized carbons (Fsp3) is 0.250. The molecule has 0 spiro atoms. The molecule has 0 fully saturated rings. The van der Waals surface area contributed by atoms with Gasteiger partial charge in [0.15, 0.2) is 12.7 Å². The second-order valence-corrected chi connectivity index (χ2v) is 2.73. The number of nitrogens with zero attached hydrogens (tertiary/aromatic N) is 1. The van der Waals surface area contributed by atoms with Crippen LogP contribution in [0, 0.1) is 11.8 Å². The normalized spacial score (nSPS) is 8.69. The Kier molecular flexibility index (Phi) is 3.78. The van der Waals surface area contributed by atoms with Gasteiger partial charge in [0.2, 0.25) is 0 Å². The summed E-state index contributed by atoms with van der Waals surface area (Å²) in [5.41, 5.74) is 1.06. The molecule has 1 rings (SSSR count). The molecule has 0 saturated carbocycles. The maximum atomic E-state index is 3.70. The smallest absolute Gasteiger partial charge is 0.191 e. The van der Waals surface area contributed by atoms with E-state index in [0.29, 0.717) is 0 Å². The monoisotopic (exact) mass is 172 g/mol. The van der Waals surface area contributed by atoms with Crippen LogP contribution in [0.15, 0.2) is 37.1 Å². The summed E-state index contributed by atoms with van der Waals surface area (Å²) in [6.45, 7) is 6.51. The minimum absolute atomic E-state index is 0.953.